The maximum atomic E-state index is 10.2. The second-order valence-corrected chi connectivity index (χ2v) is 11.8. The molecule has 0 bridgehead atoms. The molecule has 2 heterocycles. The van der Waals surface area contributed by atoms with Gasteiger partial charge in [-0.1, -0.05) is 0 Å². The Balaban J connectivity index is 1.41. The monoisotopic (exact) mass is 548 g/mol. The van der Waals surface area contributed by atoms with E-state index >= 15 is 0 Å². The van der Waals surface area contributed by atoms with Gasteiger partial charge in [0, 0.05) is 0 Å². The first-order valence-electron chi connectivity index (χ1n) is 10.0. The van der Waals surface area contributed by atoms with Gasteiger partial charge in [-0.3, -0.25) is 0 Å². The molecule has 0 aliphatic carbocycles. The third-order valence-corrected chi connectivity index (χ3v) is 9.87. The Bertz CT molecular complexity index is 1500. The van der Waals surface area contributed by atoms with Crippen LogP contribution in [-0.4, -0.2) is 49.2 Å². The Labute approximate surface area is 196 Å². The summed E-state index contributed by atoms with van der Waals surface area (Å²) in [5.74, 6) is 0.555. The Hall–Kier alpha value is -3.14. The molecular formula is C26H16N2O2Se2. The second-order valence-electron chi connectivity index (χ2n) is 7.44. The molecule has 0 aliphatic rings. The van der Waals surface area contributed by atoms with Crippen molar-refractivity contribution >= 4 is 48.6 Å². The molecular weight excluding hydrogens is 530 g/mol. The van der Waals surface area contributed by atoms with E-state index in [0.29, 0.717) is 0 Å². The molecule has 2 aromatic heterocycles. The third-order valence-electron chi connectivity index (χ3n) is 5.38. The molecule has 0 aliphatic heterocycles. The number of aromatic hydroxyl groups is 2. The van der Waals surface area contributed by atoms with Gasteiger partial charge < -0.3 is 0 Å². The van der Waals surface area contributed by atoms with Gasteiger partial charge in [-0.15, -0.1) is 0 Å². The van der Waals surface area contributed by atoms with Crippen molar-refractivity contribution in [3.63, 3.8) is 0 Å². The van der Waals surface area contributed by atoms with Gasteiger partial charge in [-0.25, -0.2) is 0 Å². The molecule has 4 nitrogen and oxygen atoms in total. The number of para-hydroxylation sites is 2. The van der Waals surface area contributed by atoms with E-state index in [0.717, 1.165) is 42.4 Å². The van der Waals surface area contributed by atoms with E-state index in [1.165, 1.54) is 8.52 Å². The van der Waals surface area contributed by atoms with Crippen molar-refractivity contribution in [2.24, 2.45) is 0 Å². The van der Waals surface area contributed by atoms with E-state index in [9.17, 15) is 10.2 Å². The van der Waals surface area contributed by atoms with Gasteiger partial charge in [0.05, 0.1) is 0 Å². The Morgan fingerprint density at radius 3 is 1.41 bits per heavy atom. The summed E-state index contributed by atoms with van der Waals surface area (Å²) in [6.07, 6.45) is 0. The summed E-state index contributed by atoms with van der Waals surface area (Å²) in [5, 5.41) is 20.4. The number of aromatic nitrogens is 2. The van der Waals surface area contributed by atoms with Gasteiger partial charge >= 0.3 is 197 Å². The molecule has 6 rings (SSSR count). The summed E-state index contributed by atoms with van der Waals surface area (Å²) in [6.45, 7) is 0. The fraction of sp³-hybridized carbons (Fsp3) is 0. The minimum absolute atomic E-state index is 0.0734. The van der Waals surface area contributed by atoms with E-state index in [2.05, 4.69) is 36.4 Å². The van der Waals surface area contributed by atoms with Gasteiger partial charge in [-0.05, 0) is 0 Å². The first-order chi connectivity index (χ1) is 15.7. The molecule has 0 saturated heterocycles. The zero-order valence-electron chi connectivity index (χ0n) is 16.7. The number of fused-ring (bicyclic) bond motifs is 2. The van der Waals surface area contributed by atoms with E-state index in [-0.39, 0.29) is 40.5 Å². The van der Waals surface area contributed by atoms with Crippen molar-refractivity contribution in [1.82, 2.24) is 9.97 Å². The van der Waals surface area contributed by atoms with Crippen molar-refractivity contribution < 1.29 is 10.2 Å². The molecule has 0 saturated carbocycles. The molecule has 0 fully saturated rings. The summed E-state index contributed by atoms with van der Waals surface area (Å²) in [6, 6.07) is 27.6. The molecule has 6 aromatic rings. The fourth-order valence-electron chi connectivity index (χ4n) is 3.75. The maximum absolute atomic E-state index is 10.2. The van der Waals surface area contributed by atoms with Gasteiger partial charge in [0.15, 0.2) is 0 Å². The summed E-state index contributed by atoms with van der Waals surface area (Å²) in [7, 11) is 0. The van der Waals surface area contributed by atoms with Crippen LogP contribution in [0.15, 0.2) is 84.9 Å². The third kappa shape index (κ3) is 3.38. The number of rotatable bonds is 3. The molecule has 0 atom stereocenters. The average Bonchev–Trinajstić information content (AvgIpc) is 3.42. The molecule has 4 aromatic carbocycles. The van der Waals surface area contributed by atoms with Crippen LogP contribution in [0.25, 0.3) is 50.9 Å². The number of hydrogen-bond donors (Lipinski definition) is 2. The van der Waals surface area contributed by atoms with Gasteiger partial charge in [0.25, 0.3) is 0 Å². The molecule has 32 heavy (non-hydrogen) atoms. The van der Waals surface area contributed by atoms with Crippen LogP contribution in [0.1, 0.15) is 0 Å². The second kappa shape index (κ2) is 7.77. The Morgan fingerprint density at radius 2 is 0.969 bits per heavy atom. The molecule has 0 spiro atoms. The number of benzene rings is 4. The van der Waals surface area contributed by atoms with Crippen LogP contribution in [0, 0.1) is 0 Å². The van der Waals surface area contributed by atoms with Crippen LogP contribution in [-0.2, 0) is 0 Å². The Morgan fingerprint density at radius 1 is 0.531 bits per heavy atom. The quantitative estimate of drug-likeness (QED) is 0.296. The summed E-state index contributed by atoms with van der Waals surface area (Å²) in [5.41, 5.74) is 5.78. The molecule has 2 N–H and O–H groups in total. The fourth-order valence-corrected chi connectivity index (χ4v) is 7.87. The first-order valence-corrected chi connectivity index (χ1v) is 13.5. The molecule has 6 heteroatoms. The predicted octanol–water partition coefficient (Wildman–Crippen LogP) is 5.31. The number of phenols is 2. The Kier molecular flexibility index (Phi) is 4.74. The minimum atomic E-state index is 0.0734. The van der Waals surface area contributed by atoms with Crippen LogP contribution in [0.4, 0.5) is 0 Å². The topological polar surface area (TPSA) is 66.2 Å². The zero-order chi connectivity index (χ0) is 21.7. The van der Waals surface area contributed by atoms with Crippen molar-refractivity contribution in [1.29, 1.82) is 0 Å². The van der Waals surface area contributed by atoms with Crippen molar-refractivity contribution in [2.45, 2.75) is 0 Å². The summed E-state index contributed by atoms with van der Waals surface area (Å²) in [4.78, 5) is 9.67. The van der Waals surface area contributed by atoms with Gasteiger partial charge in [0.1, 0.15) is 0 Å². The average molecular weight is 546 g/mol. The normalized spacial score (nSPS) is 11.4. The summed E-state index contributed by atoms with van der Waals surface area (Å²) < 4.78 is 4.36. The molecule has 0 unspecified atom stereocenters. The van der Waals surface area contributed by atoms with Crippen LogP contribution in [0.5, 0.6) is 11.5 Å². The standard InChI is InChI=1S/C26H16N2O2Se2/c29-21-7-3-1-5-17(21)25-27-19-13-15(9-11-23(19)31-25)16-10-12-24-20(14-16)28-26(32-24)18-6-2-4-8-22(18)30/h1-14,29-30H. The van der Waals surface area contributed by atoms with E-state index in [1.54, 1.807) is 12.1 Å². The zero-order valence-corrected chi connectivity index (χ0v) is 20.1. The molecule has 154 valence electrons. The van der Waals surface area contributed by atoms with Crippen LogP contribution >= 0.6 is 0 Å². The van der Waals surface area contributed by atoms with Crippen molar-refractivity contribution in [2.75, 3.05) is 0 Å². The van der Waals surface area contributed by atoms with Crippen molar-refractivity contribution in [3.05, 3.63) is 84.9 Å². The van der Waals surface area contributed by atoms with Crippen LogP contribution in [0.2, 0.25) is 0 Å². The van der Waals surface area contributed by atoms with Crippen molar-refractivity contribution in [3.8, 4) is 42.9 Å². The van der Waals surface area contributed by atoms with Gasteiger partial charge in [-0.2, -0.15) is 0 Å². The van der Waals surface area contributed by atoms with Gasteiger partial charge in [0.2, 0.25) is 0 Å². The SMILES string of the molecule is Oc1ccccc1-c1nc2cc(-c3ccc4[se]c(-c5ccccc5O)nc4c3)ccc2[se]1. The van der Waals surface area contributed by atoms with E-state index in [1.807, 2.05) is 36.4 Å². The molecule has 0 amide bonds. The first kappa shape index (κ1) is 19.5. The van der Waals surface area contributed by atoms with E-state index < -0.39 is 0 Å². The number of nitrogens with zero attached hydrogens (tertiary/aromatic N) is 2. The number of hydrogen-bond acceptors (Lipinski definition) is 4. The summed E-state index contributed by atoms with van der Waals surface area (Å²) >= 11 is 0.147. The number of phenolic OH excluding ortho intramolecular Hbond substituents is 2. The van der Waals surface area contributed by atoms with Crippen LogP contribution in [0.3, 0.4) is 0 Å². The predicted molar refractivity (Wildman–Crippen MR) is 131 cm³/mol. The molecule has 0 radical (unpaired) electrons. The van der Waals surface area contributed by atoms with Crippen LogP contribution < -0.4 is 0 Å². The van der Waals surface area contributed by atoms with E-state index in [4.69, 9.17) is 9.97 Å².